The highest BCUT2D eigenvalue weighted by molar-refractivity contribution is 5.60. The Bertz CT molecular complexity index is 572. The van der Waals surface area contributed by atoms with E-state index in [9.17, 15) is 0 Å². The van der Waals surface area contributed by atoms with Crippen LogP contribution >= 0.6 is 0 Å². The molecule has 1 aromatic heterocycles. The largest absolute Gasteiger partial charge is 0.494 e. The molecule has 96 valence electrons. The maximum atomic E-state index is 8.75. The molecule has 0 spiro atoms. The van der Waals surface area contributed by atoms with E-state index in [-0.39, 0.29) is 0 Å². The van der Waals surface area contributed by atoms with Gasteiger partial charge in [-0.2, -0.15) is 5.26 Å². The summed E-state index contributed by atoms with van der Waals surface area (Å²) in [5, 5.41) is 16.9. The van der Waals surface area contributed by atoms with Crippen LogP contribution in [0.1, 0.15) is 6.92 Å². The van der Waals surface area contributed by atoms with Crippen LogP contribution in [0.4, 0.5) is 5.82 Å². The average Bonchev–Trinajstić information content (AvgIpc) is 2.48. The average molecular weight is 254 g/mol. The molecule has 0 radical (unpaired) electrons. The maximum Gasteiger partial charge on any atom is 0.185 e. The normalized spacial score (nSPS) is 9.74. The van der Waals surface area contributed by atoms with Crippen molar-refractivity contribution in [2.75, 3.05) is 18.6 Å². The molecule has 1 heterocycles. The van der Waals surface area contributed by atoms with Crippen molar-refractivity contribution in [1.82, 2.24) is 10.2 Å². The van der Waals surface area contributed by atoms with Gasteiger partial charge in [0, 0.05) is 12.6 Å². The number of anilines is 1. The van der Waals surface area contributed by atoms with Gasteiger partial charge in [-0.05, 0) is 43.3 Å². The van der Waals surface area contributed by atoms with Crippen LogP contribution in [0.15, 0.2) is 36.4 Å². The lowest BCUT2D eigenvalue weighted by Crippen LogP contribution is -2.10. The molecule has 19 heavy (non-hydrogen) atoms. The first-order chi connectivity index (χ1) is 9.24. The number of rotatable bonds is 4. The van der Waals surface area contributed by atoms with Gasteiger partial charge in [0.25, 0.3) is 0 Å². The van der Waals surface area contributed by atoms with Crippen molar-refractivity contribution >= 4 is 5.82 Å². The van der Waals surface area contributed by atoms with Gasteiger partial charge in [0.1, 0.15) is 5.75 Å². The van der Waals surface area contributed by atoms with Gasteiger partial charge in [-0.15, -0.1) is 10.2 Å². The van der Waals surface area contributed by atoms with Gasteiger partial charge in [-0.1, -0.05) is 0 Å². The van der Waals surface area contributed by atoms with E-state index in [1.165, 1.54) is 4.90 Å². The zero-order valence-corrected chi connectivity index (χ0v) is 10.9. The Morgan fingerprint density at radius 3 is 2.42 bits per heavy atom. The van der Waals surface area contributed by atoms with Crippen LogP contribution in [0.5, 0.6) is 5.75 Å². The molecule has 0 N–H and O–H groups in total. The fourth-order valence-corrected chi connectivity index (χ4v) is 1.60. The Hall–Kier alpha value is -2.61. The fraction of sp³-hybridized carbons (Fsp3) is 0.214. The number of benzene rings is 1. The van der Waals surface area contributed by atoms with Crippen LogP contribution in [-0.4, -0.2) is 23.9 Å². The number of nitriles is 1. The lowest BCUT2D eigenvalue weighted by atomic mass is 10.1. The van der Waals surface area contributed by atoms with E-state index in [2.05, 4.69) is 10.2 Å². The summed E-state index contributed by atoms with van der Waals surface area (Å²) in [5.74, 6) is 1.36. The van der Waals surface area contributed by atoms with E-state index in [4.69, 9.17) is 10.00 Å². The number of ether oxygens (including phenoxy) is 1. The van der Waals surface area contributed by atoms with Crippen LogP contribution in [0.2, 0.25) is 0 Å². The fourth-order valence-electron chi connectivity index (χ4n) is 1.60. The van der Waals surface area contributed by atoms with Crippen molar-refractivity contribution in [3.05, 3.63) is 36.4 Å². The summed E-state index contributed by atoms with van der Waals surface area (Å²) in [5.41, 5.74) is 1.72. The van der Waals surface area contributed by atoms with Crippen LogP contribution in [0.3, 0.4) is 0 Å². The van der Waals surface area contributed by atoms with E-state index < -0.39 is 0 Å². The summed E-state index contributed by atoms with van der Waals surface area (Å²) in [6.45, 7) is 2.60. The van der Waals surface area contributed by atoms with Gasteiger partial charge >= 0.3 is 0 Å². The van der Waals surface area contributed by atoms with Crippen LogP contribution in [0, 0.1) is 11.5 Å². The van der Waals surface area contributed by atoms with Crippen molar-refractivity contribution in [3.63, 3.8) is 0 Å². The molecular weight excluding hydrogens is 240 g/mol. The van der Waals surface area contributed by atoms with Gasteiger partial charge in [-0.3, -0.25) is 4.90 Å². The molecule has 0 aliphatic rings. The molecule has 2 rings (SSSR count). The Morgan fingerprint density at radius 1 is 1.16 bits per heavy atom. The third-order valence-corrected chi connectivity index (χ3v) is 2.61. The molecule has 5 heteroatoms. The highest BCUT2D eigenvalue weighted by atomic mass is 16.5. The Morgan fingerprint density at radius 2 is 1.89 bits per heavy atom. The van der Waals surface area contributed by atoms with E-state index in [1.807, 2.05) is 43.4 Å². The SMILES string of the molecule is CCOc1ccc(-c2ccc(N(C)C#N)nn2)cc1. The third-order valence-electron chi connectivity index (χ3n) is 2.61. The predicted octanol–water partition coefficient (Wildman–Crippen LogP) is 2.46. The minimum absolute atomic E-state index is 0.525. The summed E-state index contributed by atoms with van der Waals surface area (Å²) in [6.07, 6.45) is 1.98. The zero-order valence-electron chi connectivity index (χ0n) is 10.9. The van der Waals surface area contributed by atoms with Crippen molar-refractivity contribution in [2.24, 2.45) is 0 Å². The van der Waals surface area contributed by atoms with Crippen molar-refractivity contribution < 1.29 is 4.74 Å². The molecule has 0 amide bonds. The molecule has 0 saturated carbocycles. The van der Waals surface area contributed by atoms with E-state index in [1.54, 1.807) is 13.1 Å². The van der Waals surface area contributed by atoms with Crippen LogP contribution < -0.4 is 9.64 Å². The Labute approximate surface area is 112 Å². The molecule has 0 aliphatic heterocycles. The molecule has 0 fully saturated rings. The summed E-state index contributed by atoms with van der Waals surface area (Å²) in [7, 11) is 1.64. The molecule has 0 aliphatic carbocycles. The van der Waals surface area contributed by atoms with Gasteiger partial charge in [0.05, 0.1) is 12.3 Å². The van der Waals surface area contributed by atoms with E-state index in [0.29, 0.717) is 12.4 Å². The Kier molecular flexibility index (Phi) is 3.94. The monoisotopic (exact) mass is 254 g/mol. The quantitative estimate of drug-likeness (QED) is 0.619. The van der Waals surface area contributed by atoms with Crippen molar-refractivity contribution in [2.45, 2.75) is 6.92 Å². The second-order valence-electron chi connectivity index (χ2n) is 3.89. The second kappa shape index (κ2) is 5.83. The minimum Gasteiger partial charge on any atom is -0.494 e. The summed E-state index contributed by atoms with van der Waals surface area (Å²) in [4.78, 5) is 1.36. The maximum absolute atomic E-state index is 8.75. The second-order valence-corrected chi connectivity index (χ2v) is 3.89. The zero-order chi connectivity index (χ0) is 13.7. The molecule has 2 aromatic rings. The van der Waals surface area contributed by atoms with Gasteiger partial charge in [-0.25, -0.2) is 0 Å². The highest BCUT2D eigenvalue weighted by Crippen LogP contribution is 2.21. The third kappa shape index (κ3) is 2.99. The number of aromatic nitrogens is 2. The number of hydrogen-bond acceptors (Lipinski definition) is 5. The minimum atomic E-state index is 0.525. The number of nitrogens with zero attached hydrogens (tertiary/aromatic N) is 4. The lowest BCUT2D eigenvalue weighted by Gasteiger charge is -2.07. The standard InChI is InChI=1S/C14H14N4O/c1-3-19-12-6-4-11(5-7-12)13-8-9-14(17-16-13)18(2)10-15/h4-9H,3H2,1-2H3. The van der Waals surface area contributed by atoms with Gasteiger partial charge in [0.15, 0.2) is 12.0 Å². The topological polar surface area (TPSA) is 62.0 Å². The molecule has 5 nitrogen and oxygen atoms in total. The summed E-state index contributed by atoms with van der Waals surface area (Å²) < 4.78 is 5.38. The highest BCUT2D eigenvalue weighted by Gasteiger charge is 2.04. The molecule has 0 atom stereocenters. The van der Waals surface area contributed by atoms with E-state index >= 15 is 0 Å². The lowest BCUT2D eigenvalue weighted by molar-refractivity contribution is 0.340. The number of hydrogen-bond donors (Lipinski definition) is 0. The molecule has 0 unspecified atom stereocenters. The summed E-state index contributed by atoms with van der Waals surface area (Å²) >= 11 is 0. The van der Waals surface area contributed by atoms with Gasteiger partial charge < -0.3 is 4.74 Å². The molecule has 1 aromatic carbocycles. The first-order valence-corrected chi connectivity index (χ1v) is 5.95. The Balaban J connectivity index is 2.20. The van der Waals surface area contributed by atoms with Gasteiger partial charge in [0.2, 0.25) is 0 Å². The van der Waals surface area contributed by atoms with Crippen molar-refractivity contribution in [1.29, 1.82) is 5.26 Å². The summed E-state index contributed by atoms with van der Waals surface area (Å²) in [6, 6.07) is 11.3. The molecule has 0 saturated heterocycles. The first-order valence-electron chi connectivity index (χ1n) is 5.95. The van der Waals surface area contributed by atoms with E-state index in [0.717, 1.165) is 17.0 Å². The smallest absolute Gasteiger partial charge is 0.185 e. The predicted molar refractivity (Wildman–Crippen MR) is 72.7 cm³/mol. The first kappa shape index (κ1) is 12.8. The van der Waals surface area contributed by atoms with Crippen LogP contribution in [0.25, 0.3) is 11.3 Å². The molecule has 0 bridgehead atoms. The van der Waals surface area contributed by atoms with Crippen LogP contribution in [-0.2, 0) is 0 Å². The van der Waals surface area contributed by atoms with Crippen molar-refractivity contribution in [3.8, 4) is 23.2 Å². The molecular formula is C14H14N4O.